The van der Waals surface area contributed by atoms with Crippen molar-refractivity contribution >= 4 is 5.91 Å². The molecule has 21 heavy (non-hydrogen) atoms. The first-order valence-electron chi connectivity index (χ1n) is 7.71. The number of aliphatic hydroxyl groups is 1. The summed E-state index contributed by atoms with van der Waals surface area (Å²) in [6.07, 6.45) is 4.08. The first kappa shape index (κ1) is 15.8. The molecular weight excluding hydrogens is 266 g/mol. The molecule has 0 atom stereocenters. The topological polar surface area (TPSA) is 58.6 Å². The van der Waals surface area contributed by atoms with Gasteiger partial charge in [0.15, 0.2) is 0 Å². The van der Waals surface area contributed by atoms with Crippen molar-refractivity contribution in [1.82, 2.24) is 5.32 Å². The van der Waals surface area contributed by atoms with Gasteiger partial charge < -0.3 is 15.2 Å². The first-order chi connectivity index (χ1) is 9.97. The molecule has 0 bridgehead atoms. The number of hydrogen-bond donors (Lipinski definition) is 2. The monoisotopic (exact) mass is 291 g/mol. The Balaban J connectivity index is 1.84. The second kappa shape index (κ2) is 6.94. The van der Waals surface area contributed by atoms with Gasteiger partial charge in [-0.05, 0) is 44.4 Å². The predicted molar refractivity (Wildman–Crippen MR) is 82.3 cm³/mol. The summed E-state index contributed by atoms with van der Waals surface area (Å²) in [5.41, 5.74) is 0.224. The lowest BCUT2D eigenvalue weighted by Crippen LogP contribution is -2.41. The summed E-state index contributed by atoms with van der Waals surface area (Å²) in [4.78, 5) is 12.0. The third kappa shape index (κ3) is 5.05. The number of amides is 1. The molecule has 1 fully saturated rings. The molecular formula is C17H25NO3. The van der Waals surface area contributed by atoms with Crippen molar-refractivity contribution in [3.05, 3.63) is 29.8 Å². The molecule has 0 radical (unpaired) electrons. The molecule has 116 valence electrons. The second-order valence-corrected chi connectivity index (χ2v) is 6.20. The molecule has 4 heteroatoms. The minimum Gasteiger partial charge on any atom is -0.491 e. The number of rotatable bonds is 6. The van der Waals surface area contributed by atoms with Crippen LogP contribution in [-0.4, -0.2) is 29.3 Å². The van der Waals surface area contributed by atoms with Crippen molar-refractivity contribution in [1.29, 1.82) is 0 Å². The van der Waals surface area contributed by atoms with Crippen LogP contribution < -0.4 is 10.1 Å². The summed E-state index contributed by atoms with van der Waals surface area (Å²) in [6.45, 7) is 4.30. The summed E-state index contributed by atoms with van der Waals surface area (Å²) in [5.74, 6) is 0.724. The van der Waals surface area contributed by atoms with Gasteiger partial charge in [0.1, 0.15) is 5.75 Å². The molecule has 0 unspecified atom stereocenters. The Hall–Kier alpha value is -1.55. The number of benzene rings is 1. The smallest absolute Gasteiger partial charge is 0.224 e. The molecule has 1 aliphatic rings. The average Bonchev–Trinajstić information content (AvgIpc) is 2.84. The van der Waals surface area contributed by atoms with E-state index in [1.54, 1.807) is 0 Å². The Morgan fingerprint density at radius 1 is 1.38 bits per heavy atom. The van der Waals surface area contributed by atoms with Crippen LogP contribution in [0.5, 0.6) is 5.75 Å². The highest BCUT2D eigenvalue weighted by Gasteiger charge is 2.31. The quantitative estimate of drug-likeness (QED) is 0.846. The molecule has 0 heterocycles. The van der Waals surface area contributed by atoms with E-state index in [-0.39, 0.29) is 12.0 Å². The van der Waals surface area contributed by atoms with E-state index in [9.17, 15) is 9.90 Å². The highest BCUT2D eigenvalue weighted by Crippen LogP contribution is 2.28. The van der Waals surface area contributed by atoms with E-state index < -0.39 is 5.60 Å². The van der Waals surface area contributed by atoms with E-state index in [2.05, 4.69) is 5.32 Å². The van der Waals surface area contributed by atoms with Gasteiger partial charge in [0.25, 0.3) is 0 Å². The highest BCUT2D eigenvalue weighted by atomic mass is 16.5. The fourth-order valence-corrected chi connectivity index (χ4v) is 2.72. The minimum atomic E-state index is -0.696. The molecule has 2 N–H and O–H groups in total. The minimum absolute atomic E-state index is 0.0583. The Morgan fingerprint density at radius 2 is 2.10 bits per heavy atom. The van der Waals surface area contributed by atoms with E-state index in [0.717, 1.165) is 37.0 Å². The van der Waals surface area contributed by atoms with Gasteiger partial charge in [0.05, 0.1) is 18.1 Å². The van der Waals surface area contributed by atoms with Gasteiger partial charge in [0.2, 0.25) is 5.91 Å². The predicted octanol–water partition coefficient (Wildman–Crippen LogP) is 2.44. The lowest BCUT2D eigenvalue weighted by atomic mass is 10.0. The summed E-state index contributed by atoms with van der Waals surface area (Å²) in [7, 11) is 0. The van der Waals surface area contributed by atoms with Crippen LogP contribution in [0.25, 0.3) is 0 Å². The Kier molecular flexibility index (Phi) is 5.23. The molecule has 1 aromatic carbocycles. The van der Waals surface area contributed by atoms with Gasteiger partial charge >= 0.3 is 0 Å². The van der Waals surface area contributed by atoms with Crippen molar-refractivity contribution in [2.24, 2.45) is 0 Å². The number of carbonyl (C=O) groups is 1. The van der Waals surface area contributed by atoms with Gasteiger partial charge in [-0.3, -0.25) is 4.79 Å². The maximum Gasteiger partial charge on any atom is 0.224 e. The fourth-order valence-electron chi connectivity index (χ4n) is 2.72. The van der Waals surface area contributed by atoms with Crippen molar-refractivity contribution in [3.63, 3.8) is 0 Å². The molecule has 4 nitrogen and oxygen atoms in total. The normalized spacial score (nSPS) is 17.0. The number of nitrogens with one attached hydrogen (secondary N) is 1. The van der Waals surface area contributed by atoms with Crippen molar-refractivity contribution in [2.45, 2.75) is 57.7 Å². The lowest BCUT2D eigenvalue weighted by Gasteiger charge is -2.22. The van der Waals surface area contributed by atoms with Gasteiger partial charge in [-0.1, -0.05) is 25.0 Å². The molecule has 0 spiro atoms. The summed E-state index contributed by atoms with van der Waals surface area (Å²) >= 11 is 0. The molecule has 1 saturated carbocycles. The lowest BCUT2D eigenvalue weighted by molar-refractivity contribution is -0.121. The van der Waals surface area contributed by atoms with Gasteiger partial charge in [-0.15, -0.1) is 0 Å². The molecule has 1 aliphatic carbocycles. The van der Waals surface area contributed by atoms with Crippen molar-refractivity contribution in [2.75, 3.05) is 6.54 Å². The third-order valence-electron chi connectivity index (χ3n) is 3.78. The van der Waals surface area contributed by atoms with Crippen LogP contribution in [0.15, 0.2) is 24.3 Å². The van der Waals surface area contributed by atoms with E-state index in [4.69, 9.17) is 4.74 Å². The Bertz CT molecular complexity index is 479. The van der Waals surface area contributed by atoms with Crippen LogP contribution in [0.2, 0.25) is 0 Å². The van der Waals surface area contributed by atoms with Crippen LogP contribution >= 0.6 is 0 Å². The SMILES string of the molecule is CC(C)Oc1cccc(CC(=O)NCC2(O)CCCC2)c1. The van der Waals surface area contributed by atoms with Crippen LogP contribution in [0.3, 0.4) is 0 Å². The van der Waals surface area contributed by atoms with Crippen LogP contribution in [0.4, 0.5) is 0 Å². The average molecular weight is 291 g/mol. The zero-order chi connectivity index (χ0) is 15.3. The van der Waals surface area contributed by atoms with E-state index in [0.29, 0.717) is 13.0 Å². The fraction of sp³-hybridized carbons (Fsp3) is 0.588. The van der Waals surface area contributed by atoms with E-state index in [1.807, 2.05) is 38.1 Å². The molecule has 1 amide bonds. The zero-order valence-electron chi connectivity index (χ0n) is 12.9. The third-order valence-corrected chi connectivity index (χ3v) is 3.78. The first-order valence-corrected chi connectivity index (χ1v) is 7.71. The standard InChI is InChI=1S/C17H25NO3/c1-13(2)21-15-7-5-6-14(10-15)11-16(19)18-12-17(20)8-3-4-9-17/h5-7,10,13,20H,3-4,8-9,11-12H2,1-2H3,(H,18,19). The van der Waals surface area contributed by atoms with Crippen LogP contribution in [-0.2, 0) is 11.2 Å². The number of hydrogen-bond acceptors (Lipinski definition) is 3. The number of carbonyl (C=O) groups excluding carboxylic acids is 1. The van der Waals surface area contributed by atoms with E-state index >= 15 is 0 Å². The maximum absolute atomic E-state index is 12.0. The second-order valence-electron chi connectivity index (χ2n) is 6.20. The van der Waals surface area contributed by atoms with Gasteiger partial charge in [-0.25, -0.2) is 0 Å². The largest absolute Gasteiger partial charge is 0.491 e. The Labute approximate surface area is 126 Å². The van der Waals surface area contributed by atoms with Gasteiger partial charge in [-0.2, -0.15) is 0 Å². The molecule has 2 rings (SSSR count). The molecule has 1 aromatic rings. The summed E-state index contributed by atoms with van der Waals surface area (Å²) in [5, 5.41) is 13.1. The van der Waals surface area contributed by atoms with Crippen molar-refractivity contribution in [3.8, 4) is 5.75 Å². The molecule has 0 aromatic heterocycles. The summed E-state index contributed by atoms with van der Waals surface area (Å²) < 4.78 is 5.62. The highest BCUT2D eigenvalue weighted by molar-refractivity contribution is 5.78. The number of ether oxygens (including phenoxy) is 1. The van der Waals surface area contributed by atoms with Crippen LogP contribution in [0, 0.1) is 0 Å². The van der Waals surface area contributed by atoms with Crippen molar-refractivity contribution < 1.29 is 14.6 Å². The maximum atomic E-state index is 12.0. The molecule has 0 saturated heterocycles. The Morgan fingerprint density at radius 3 is 2.76 bits per heavy atom. The molecule has 0 aliphatic heterocycles. The van der Waals surface area contributed by atoms with Crippen LogP contribution in [0.1, 0.15) is 45.1 Å². The summed E-state index contributed by atoms with van der Waals surface area (Å²) in [6, 6.07) is 7.59. The van der Waals surface area contributed by atoms with E-state index in [1.165, 1.54) is 0 Å². The zero-order valence-corrected chi connectivity index (χ0v) is 12.9. The van der Waals surface area contributed by atoms with Gasteiger partial charge in [0, 0.05) is 6.54 Å².